The SMILES string of the molecule is CC1CN([C@@H]2O[C@H](CO)C(O)[C@@H]2O)C(=O)NC1=O. The predicted molar refractivity (Wildman–Crippen MR) is 57.2 cm³/mol. The van der Waals surface area contributed by atoms with E-state index >= 15 is 0 Å². The molecule has 2 heterocycles. The molecule has 0 spiro atoms. The van der Waals surface area contributed by atoms with E-state index in [4.69, 9.17) is 9.84 Å². The molecule has 2 aliphatic heterocycles. The summed E-state index contributed by atoms with van der Waals surface area (Å²) in [6, 6.07) is -0.673. The summed E-state index contributed by atoms with van der Waals surface area (Å²) < 4.78 is 5.23. The van der Waals surface area contributed by atoms with Gasteiger partial charge in [0.25, 0.3) is 0 Å². The van der Waals surface area contributed by atoms with Crippen LogP contribution in [0, 0.1) is 5.92 Å². The largest absolute Gasteiger partial charge is 0.394 e. The van der Waals surface area contributed by atoms with Crippen molar-refractivity contribution in [1.29, 1.82) is 0 Å². The fourth-order valence-electron chi connectivity index (χ4n) is 2.12. The van der Waals surface area contributed by atoms with Crippen molar-refractivity contribution in [3.05, 3.63) is 0 Å². The lowest BCUT2D eigenvalue weighted by atomic mass is 10.1. The van der Waals surface area contributed by atoms with Gasteiger partial charge in [-0.15, -0.1) is 0 Å². The molecule has 0 aromatic carbocycles. The summed E-state index contributed by atoms with van der Waals surface area (Å²) in [5, 5.41) is 30.5. The molecule has 3 amide bonds. The topological polar surface area (TPSA) is 119 Å². The van der Waals surface area contributed by atoms with E-state index in [1.54, 1.807) is 6.92 Å². The van der Waals surface area contributed by atoms with Crippen molar-refractivity contribution in [3.63, 3.8) is 0 Å². The third-order valence-electron chi connectivity index (χ3n) is 3.23. The number of rotatable bonds is 2. The lowest BCUT2D eigenvalue weighted by Crippen LogP contribution is -2.59. The van der Waals surface area contributed by atoms with Crippen LogP contribution in [-0.4, -0.2) is 69.8 Å². The highest BCUT2D eigenvalue weighted by molar-refractivity contribution is 5.97. The summed E-state index contributed by atoms with van der Waals surface area (Å²) in [4.78, 5) is 24.1. The number of hydrogen-bond donors (Lipinski definition) is 4. The Morgan fingerprint density at radius 2 is 2.06 bits per heavy atom. The molecule has 0 bridgehead atoms. The minimum atomic E-state index is -1.31. The van der Waals surface area contributed by atoms with Gasteiger partial charge in [-0.1, -0.05) is 6.92 Å². The summed E-state index contributed by atoms with van der Waals surface area (Å²) in [5.41, 5.74) is 0. The van der Waals surface area contributed by atoms with Crippen molar-refractivity contribution in [2.75, 3.05) is 13.2 Å². The number of nitrogens with zero attached hydrogens (tertiary/aromatic N) is 1. The summed E-state index contributed by atoms with van der Waals surface area (Å²) >= 11 is 0. The van der Waals surface area contributed by atoms with Gasteiger partial charge in [0.15, 0.2) is 6.23 Å². The maximum absolute atomic E-state index is 11.6. The molecular formula is C10H16N2O6. The molecule has 2 unspecified atom stereocenters. The van der Waals surface area contributed by atoms with Crippen LogP contribution in [0.1, 0.15) is 6.92 Å². The molecule has 0 radical (unpaired) electrons. The third kappa shape index (κ3) is 2.07. The molecular weight excluding hydrogens is 244 g/mol. The summed E-state index contributed by atoms with van der Waals surface area (Å²) in [6.07, 6.45) is -4.58. The van der Waals surface area contributed by atoms with Gasteiger partial charge in [0.2, 0.25) is 5.91 Å². The Balaban J connectivity index is 2.12. The number of imide groups is 1. The molecule has 2 fully saturated rings. The first kappa shape index (κ1) is 13.2. The first-order chi connectivity index (χ1) is 8.45. The predicted octanol–water partition coefficient (Wildman–Crippen LogP) is -2.39. The second kappa shape index (κ2) is 4.81. The van der Waals surface area contributed by atoms with E-state index in [0.717, 1.165) is 4.90 Å². The molecule has 4 N–H and O–H groups in total. The average Bonchev–Trinajstić information content (AvgIpc) is 2.61. The van der Waals surface area contributed by atoms with E-state index in [-0.39, 0.29) is 12.5 Å². The first-order valence-electron chi connectivity index (χ1n) is 5.69. The van der Waals surface area contributed by atoms with Gasteiger partial charge in [-0.2, -0.15) is 0 Å². The standard InChI is InChI=1S/C10H16N2O6/c1-4-2-12(10(17)11-8(4)16)9-7(15)6(14)5(3-13)18-9/h4-7,9,13-15H,2-3H2,1H3,(H,11,16,17)/t4?,5-,6?,7+,9-/m1/s1. The molecule has 5 atom stereocenters. The van der Waals surface area contributed by atoms with Gasteiger partial charge in [0, 0.05) is 6.54 Å². The number of carbonyl (C=O) groups excluding carboxylic acids is 2. The van der Waals surface area contributed by atoms with Crippen molar-refractivity contribution < 1.29 is 29.6 Å². The van der Waals surface area contributed by atoms with Gasteiger partial charge in [-0.05, 0) is 0 Å². The molecule has 102 valence electrons. The quantitative estimate of drug-likeness (QED) is 0.440. The van der Waals surface area contributed by atoms with Crippen molar-refractivity contribution >= 4 is 11.9 Å². The number of hydrogen-bond acceptors (Lipinski definition) is 6. The van der Waals surface area contributed by atoms with Crippen molar-refractivity contribution in [1.82, 2.24) is 10.2 Å². The van der Waals surface area contributed by atoms with E-state index in [2.05, 4.69) is 5.32 Å². The number of amides is 3. The fraction of sp³-hybridized carbons (Fsp3) is 0.800. The van der Waals surface area contributed by atoms with Crippen molar-refractivity contribution in [2.45, 2.75) is 31.5 Å². The van der Waals surface area contributed by atoms with Gasteiger partial charge >= 0.3 is 6.03 Å². The highest BCUT2D eigenvalue weighted by Crippen LogP contribution is 2.25. The lowest BCUT2D eigenvalue weighted by molar-refractivity contribution is -0.130. The number of urea groups is 1. The van der Waals surface area contributed by atoms with Crippen LogP contribution in [0.3, 0.4) is 0 Å². The summed E-state index contributed by atoms with van der Waals surface area (Å²) in [5.74, 6) is -0.813. The zero-order chi connectivity index (χ0) is 13.4. The zero-order valence-electron chi connectivity index (χ0n) is 9.81. The Bertz CT molecular complexity index is 362. The fourth-order valence-corrected chi connectivity index (χ4v) is 2.12. The Hall–Kier alpha value is -1.22. The lowest BCUT2D eigenvalue weighted by Gasteiger charge is -2.35. The van der Waals surface area contributed by atoms with Crippen LogP contribution in [-0.2, 0) is 9.53 Å². The van der Waals surface area contributed by atoms with Crippen LogP contribution < -0.4 is 5.32 Å². The van der Waals surface area contributed by atoms with Gasteiger partial charge in [0.1, 0.15) is 18.3 Å². The highest BCUT2D eigenvalue weighted by atomic mass is 16.6. The van der Waals surface area contributed by atoms with Crippen LogP contribution in [0.25, 0.3) is 0 Å². The van der Waals surface area contributed by atoms with Gasteiger partial charge in [0.05, 0.1) is 12.5 Å². The smallest absolute Gasteiger partial charge is 0.326 e. The van der Waals surface area contributed by atoms with E-state index in [0.29, 0.717) is 0 Å². The molecule has 18 heavy (non-hydrogen) atoms. The van der Waals surface area contributed by atoms with Gasteiger partial charge in [-0.25, -0.2) is 4.79 Å². The second-order valence-electron chi connectivity index (χ2n) is 4.58. The van der Waals surface area contributed by atoms with Crippen molar-refractivity contribution in [2.24, 2.45) is 5.92 Å². The minimum absolute atomic E-state index is 0.0945. The molecule has 0 aliphatic carbocycles. The maximum atomic E-state index is 11.6. The Morgan fingerprint density at radius 3 is 2.61 bits per heavy atom. The monoisotopic (exact) mass is 260 g/mol. The molecule has 0 saturated carbocycles. The van der Waals surface area contributed by atoms with Crippen LogP contribution in [0.2, 0.25) is 0 Å². The van der Waals surface area contributed by atoms with E-state index in [1.165, 1.54) is 0 Å². The zero-order valence-corrected chi connectivity index (χ0v) is 9.81. The number of nitrogens with one attached hydrogen (secondary N) is 1. The maximum Gasteiger partial charge on any atom is 0.326 e. The number of aliphatic hydroxyl groups excluding tert-OH is 3. The minimum Gasteiger partial charge on any atom is -0.394 e. The molecule has 2 aliphatic rings. The first-order valence-corrected chi connectivity index (χ1v) is 5.69. The average molecular weight is 260 g/mol. The van der Waals surface area contributed by atoms with Crippen LogP contribution in [0.4, 0.5) is 4.79 Å². The van der Waals surface area contributed by atoms with Gasteiger partial charge < -0.3 is 20.1 Å². The molecule has 0 aromatic heterocycles. The molecule has 8 heteroatoms. The van der Waals surface area contributed by atoms with Crippen molar-refractivity contribution in [3.8, 4) is 0 Å². The van der Waals surface area contributed by atoms with Gasteiger partial charge in [-0.3, -0.25) is 15.0 Å². The Morgan fingerprint density at radius 1 is 1.39 bits per heavy atom. The van der Waals surface area contributed by atoms with Crippen LogP contribution in [0.5, 0.6) is 0 Å². The van der Waals surface area contributed by atoms with E-state index in [1.807, 2.05) is 0 Å². The number of carbonyl (C=O) groups is 2. The summed E-state index contributed by atoms with van der Waals surface area (Å²) in [6.45, 7) is 1.27. The van der Waals surface area contributed by atoms with E-state index < -0.39 is 43.1 Å². The van der Waals surface area contributed by atoms with Crippen LogP contribution >= 0.6 is 0 Å². The second-order valence-corrected chi connectivity index (χ2v) is 4.58. The molecule has 2 saturated heterocycles. The van der Waals surface area contributed by atoms with Crippen LogP contribution in [0.15, 0.2) is 0 Å². The Labute approximate surface area is 103 Å². The normalized spacial score (nSPS) is 41.1. The van der Waals surface area contributed by atoms with E-state index in [9.17, 15) is 19.8 Å². The highest BCUT2D eigenvalue weighted by Gasteiger charge is 2.48. The summed E-state index contributed by atoms with van der Waals surface area (Å²) in [7, 11) is 0. The molecule has 2 rings (SSSR count). The number of aliphatic hydroxyl groups is 3. The third-order valence-corrected chi connectivity index (χ3v) is 3.23. The number of ether oxygens (including phenoxy) is 1. The molecule has 8 nitrogen and oxygen atoms in total. The molecule has 0 aromatic rings. The Kier molecular flexibility index (Phi) is 3.53.